The van der Waals surface area contributed by atoms with Gasteiger partial charge in [-0.25, -0.2) is 0 Å². The van der Waals surface area contributed by atoms with Crippen molar-refractivity contribution in [2.45, 2.75) is 6.42 Å². The molecule has 1 fully saturated rings. The summed E-state index contributed by atoms with van der Waals surface area (Å²) in [6.45, 7) is 2.45. The van der Waals surface area contributed by atoms with Crippen molar-refractivity contribution in [3.05, 3.63) is 29.3 Å². The van der Waals surface area contributed by atoms with Crippen LogP contribution in [-0.4, -0.2) is 44.2 Å². The maximum atomic E-state index is 12.5. The standard InChI is InChI=1S/C16H20N2O3/c1-20-14-4-2-3-12-7-13(10-21-15(12)14)16(19)18-6-5-11(8-17)9-18/h2-4,7,11H,5-6,8-10,17H2,1H3. The summed E-state index contributed by atoms with van der Waals surface area (Å²) < 4.78 is 11.0. The minimum Gasteiger partial charge on any atom is -0.493 e. The largest absolute Gasteiger partial charge is 0.493 e. The van der Waals surface area contributed by atoms with E-state index in [4.69, 9.17) is 15.2 Å². The van der Waals surface area contributed by atoms with Gasteiger partial charge in [0, 0.05) is 18.7 Å². The third kappa shape index (κ3) is 2.61. The molecule has 1 aromatic carbocycles. The molecule has 2 aliphatic rings. The molecule has 1 unspecified atom stereocenters. The van der Waals surface area contributed by atoms with Crippen molar-refractivity contribution in [2.24, 2.45) is 11.7 Å². The minimum absolute atomic E-state index is 0.0550. The molecule has 0 bridgehead atoms. The molecule has 1 atom stereocenters. The molecule has 2 N–H and O–H groups in total. The Morgan fingerprint density at radius 2 is 2.38 bits per heavy atom. The summed E-state index contributed by atoms with van der Waals surface area (Å²) in [6.07, 6.45) is 2.89. The number of nitrogens with two attached hydrogens (primary N) is 1. The highest BCUT2D eigenvalue weighted by Crippen LogP contribution is 2.36. The molecule has 2 aliphatic heterocycles. The number of hydrogen-bond donors (Lipinski definition) is 1. The van der Waals surface area contributed by atoms with Gasteiger partial charge in [0.1, 0.15) is 6.61 Å². The summed E-state index contributed by atoms with van der Waals surface area (Å²) >= 11 is 0. The molecular weight excluding hydrogens is 268 g/mol. The second-order valence-corrected chi connectivity index (χ2v) is 5.48. The fraction of sp³-hybridized carbons (Fsp3) is 0.438. The number of carbonyl (C=O) groups is 1. The highest BCUT2D eigenvalue weighted by atomic mass is 16.5. The lowest BCUT2D eigenvalue weighted by Gasteiger charge is -2.23. The van der Waals surface area contributed by atoms with Gasteiger partial charge in [0.15, 0.2) is 11.5 Å². The number of amides is 1. The first-order valence-electron chi connectivity index (χ1n) is 7.22. The lowest BCUT2D eigenvalue weighted by atomic mass is 10.1. The van der Waals surface area contributed by atoms with Gasteiger partial charge >= 0.3 is 0 Å². The topological polar surface area (TPSA) is 64.8 Å². The van der Waals surface area contributed by atoms with Crippen molar-refractivity contribution in [3.8, 4) is 11.5 Å². The average Bonchev–Trinajstić information content (AvgIpc) is 3.02. The molecular formula is C16H20N2O3. The summed E-state index contributed by atoms with van der Waals surface area (Å²) in [7, 11) is 1.61. The first-order chi connectivity index (χ1) is 10.2. The first-order valence-corrected chi connectivity index (χ1v) is 7.22. The Hall–Kier alpha value is -2.01. The monoisotopic (exact) mass is 288 g/mol. The van der Waals surface area contributed by atoms with Crippen LogP contribution in [-0.2, 0) is 4.79 Å². The minimum atomic E-state index is 0.0550. The lowest BCUT2D eigenvalue weighted by molar-refractivity contribution is -0.126. The smallest absolute Gasteiger partial charge is 0.253 e. The van der Waals surface area contributed by atoms with Crippen molar-refractivity contribution in [1.29, 1.82) is 0 Å². The molecule has 5 nitrogen and oxygen atoms in total. The van der Waals surface area contributed by atoms with E-state index in [0.717, 1.165) is 25.1 Å². The number of hydrogen-bond acceptors (Lipinski definition) is 4. The molecule has 5 heteroatoms. The Kier molecular flexibility index (Phi) is 3.84. The van der Waals surface area contributed by atoms with E-state index in [2.05, 4.69) is 0 Å². The van der Waals surface area contributed by atoms with Crippen molar-refractivity contribution >= 4 is 12.0 Å². The molecule has 0 radical (unpaired) electrons. The summed E-state index contributed by atoms with van der Waals surface area (Å²) in [5.41, 5.74) is 7.25. The molecule has 0 aliphatic carbocycles. The van der Waals surface area contributed by atoms with E-state index in [1.165, 1.54) is 0 Å². The molecule has 3 rings (SSSR count). The number of benzene rings is 1. The second-order valence-electron chi connectivity index (χ2n) is 5.48. The molecule has 0 saturated carbocycles. The van der Waals surface area contributed by atoms with Crippen LogP contribution in [0.1, 0.15) is 12.0 Å². The quantitative estimate of drug-likeness (QED) is 0.910. The lowest BCUT2D eigenvalue weighted by Crippen LogP contribution is -2.33. The molecule has 1 saturated heterocycles. The van der Waals surface area contributed by atoms with Crippen molar-refractivity contribution in [1.82, 2.24) is 4.90 Å². The summed E-state index contributed by atoms with van der Waals surface area (Å²) in [6, 6.07) is 5.67. The van der Waals surface area contributed by atoms with E-state index in [9.17, 15) is 4.79 Å². The summed E-state index contributed by atoms with van der Waals surface area (Å²) in [4.78, 5) is 14.4. The third-order valence-electron chi connectivity index (χ3n) is 4.11. The average molecular weight is 288 g/mol. The Morgan fingerprint density at radius 1 is 1.52 bits per heavy atom. The van der Waals surface area contributed by atoms with Gasteiger partial charge in [0.05, 0.1) is 12.7 Å². The highest BCUT2D eigenvalue weighted by molar-refractivity contribution is 5.99. The second kappa shape index (κ2) is 5.77. The maximum absolute atomic E-state index is 12.5. The Balaban J connectivity index is 1.81. The van der Waals surface area contributed by atoms with Crippen LogP contribution in [0.15, 0.2) is 23.8 Å². The van der Waals surface area contributed by atoms with Crippen LogP contribution in [0.3, 0.4) is 0 Å². The molecule has 1 aromatic rings. The van der Waals surface area contributed by atoms with Gasteiger partial charge in [-0.15, -0.1) is 0 Å². The van der Waals surface area contributed by atoms with Gasteiger partial charge in [-0.3, -0.25) is 4.79 Å². The molecule has 2 heterocycles. The Labute approximate surface area is 124 Å². The number of carbonyl (C=O) groups excluding carboxylic acids is 1. The van der Waals surface area contributed by atoms with E-state index in [-0.39, 0.29) is 12.5 Å². The van der Waals surface area contributed by atoms with Crippen LogP contribution in [0.2, 0.25) is 0 Å². The zero-order valence-corrected chi connectivity index (χ0v) is 12.2. The van der Waals surface area contributed by atoms with Gasteiger partial charge < -0.3 is 20.1 Å². The third-order valence-corrected chi connectivity index (χ3v) is 4.11. The van der Waals surface area contributed by atoms with Crippen LogP contribution in [0, 0.1) is 5.92 Å². The number of nitrogens with zero attached hydrogens (tertiary/aromatic N) is 1. The van der Waals surface area contributed by atoms with E-state index < -0.39 is 0 Å². The van der Waals surface area contributed by atoms with Crippen LogP contribution in [0.4, 0.5) is 0 Å². The fourth-order valence-corrected chi connectivity index (χ4v) is 2.88. The number of methoxy groups -OCH3 is 1. The van der Waals surface area contributed by atoms with E-state index >= 15 is 0 Å². The number of likely N-dealkylation sites (tertiary alicyclic amines) is 1. The van der Waals surface area contributed by atoms with Gasteiger partial charge in [-0.05, 0) is 31.0 Å². The SMILES string of the molecule is COc1cccc2c1OCC(C(=O)N1CCC(CN)C1)=C2. The fourth-order valence-electron chi connectivity index (χ4n) is 2.88. The molecule has 1 amide bonds. The van der Waals surface area contributed by atoms with Crippen molar-refractivity contribution in [3.63, 3.8) is 0 Å². The zero-order valence-electron chi connectivity index (χ0n) is 12.2. The molecule has 112 valence electrons. The van der Waals surface area contributed by atoms with E-state index in [1.54, 1.807) is 7.11 Å². The molecule has 0 spiro atoms. The Morgan fingerprint density at radius 3 is 3.10 bits per heavy atom. The van der Waals surface area contributed by atoms with Gasteiger partial charge in [-0.2, -0.15) is 0 Å². The molecule has 21 heavy (non-hydrogen) atoms. The summed E-state index contributed by atoms with van der Waals surface area (Å²) in [5, 5.41) is 0. The summed E-state index contributed by atoms with van der Waals surface area (Å²) in [5.74, 6) is 1.88. The van der Waals surface area contributed by atoms with E-state index in [0.29, 0.717) is 29.5 Å². The normalized spacial score (nSPS) is 20.6. The maximum Gasteiger partial charge on any atom is 0.253 e. The number of ether oxygens (including phenoxy) is 2. The van der Waals surface area contributed by atoms with Crippen molar-refractivity contribution in [2.75, 3.05) is 33.4 Å². The van der Waals surface area contributed by atoms with Crippen LogP contribution < -0.4 is 15.2 Å². The number of rotatable bonds is 3. The van der Waals surface area contributed by atoms with Gasteiger partial charge in [-0.1, -0.05) is 12.1 Å². The Bertz CT molecular complexity index is 583. The van der Waals surface area contributed by atoms with Crippen LogP contribution in [0.5, 0.6) is 11.5 Å². The zero-order chi connectivity index (χ0) is 14.8. The van der Waals surface area contributed by atoms with Gasteiger partial charge in [0.25, 0.3) is 5.91 Å². The highest BCUT2D eigenvalue weighted by Gasteiger charge is 2.29. The van der Waals surface area contributed by atoms with Crippen LogP contribution in [0.25, 0.3) is 6.08 Å². The van der Waals surface area contributed by atoms with Gasteiger partial charge in [0.2, 0.25) is 0 Å². The number of para-hydroxylation sites is 1. The first kappa shape index (κ1) is 13.9. The predicted molar refractivity (Wildman–Crippen MR) is 80.2 cm³/mol. The number of fused-ring (bicyclic) bond motifs is 1. The van der Waals surface area contributed by atoms with Crippen molar-refractivity contribution < 1.29 is 14.3 Å². The van der Waals surface area contributed by atoms with Crippen LogP contribution >= 0.6 is 0 Å². The molecule has 0 aromatic heterocycles. The van der Waals surface area contributed by atoms with E-state index in [1.807, 2.05) is 29.2 Å². The predicted octanol–water partition coefficient (Wildman–Crippen LogP) is 1.28.